The van der Waals surface area contributed by atoms with Crippen molar-refractivity contribution >= 4 is 17.2 Å². The monoisotopic (exact) mass is 303 g/mol. The highest BCUT2D eigenvalue weighted by molar-refractivity contribution is 7.12. The summed E-state index contributed by atoms with van der Waals surface area (Å²) in [5.74, 6) is -0.0959. The molecule has 4 heteroatoms. The van der Waals surface area contributed by atoms with Crippen molar-refractivity contribution < 1.29 is 9.90 Å². The number of hydrogen-bond acceptors (Lipinski definition) is 3. The first-order chi connectivity index (χ1) is 10.1. The van der Waals surface area contributed by atoms with Crippen LogP contribution in [-0.2, 0) is 12.8 Å². The molecular weight excluding hydrogens is 282 g/mol. The van der Waals surface area contributed by atoms with Crippen LogP contribution in [0.5, 0.6) is 0 Å². The van der Waals surface area contributed by atoms with Gasteiger partial charge in [0.05, 0.1) is 17.0 Å². The maximum Gasteiger partial charge on any atom is 0.261 e. The van der Waals surface area contributed by atoms with Gasteiger partial charge in [0, 0.05) is 6.42 Å². The smallest absolute Gasteiger partial charge is 0.261 e. The van der Waals surface area contributed by atoms with E-state index < -0.39 is 6.10 Å². The van der Waals surface area contributed by atoms with E-state index in [1.165, 1.54) is 11.3 Å². The Kier molecular flexibility index (Phi) is 5.53. The summed E-state index contributed by atoms with van der Waals surface area (Å²) in [7, 11) is 0. The summed E-state index contributed by atoms with van der Waals surface area (Å²) in [4.78, 5) is 13.0. The number of thiophene rings is 1. The Morgan fingerprint density at radius 1 is 1.29 bits per heavy atom. The van der Waals surface area contributed by atoms with Crippen molar-refractivity contribution in [2.45, 2.75) is 38.8 Å². The van der Waals surface area contributed by atoms with Crippen LogP contribution in [0.1, 0.15) is 34.6 Å². The van der Waals surface area contributed by atoms with Gasteiger partial charge < -0.3 is 10.4 Å². The molecule has 2 atom stereocenters. The Hall–Kier alpha value is -1.65. The molecule has 1 amide bonds. The lowest BCUT2D eigenvalue weighted by Crippen LogP contribution is -2.42. The second kappa shape index (κ2) is 7.38. The van der Waals surface area contributed by atoms with Gasteiger partial charge in [-0.15, -0.1) is 11.3 Å². The molecule has 3 nitrogen and oxygen atoms in total. The highest BCUT2D eigenvalue weighted by Crippen LogP contribution is 2.17. The molecular formula is C17H21NO2S. The van der Waals surface area contributed by atoms with Gasteiger partial charge in [-0.2, -0.15) is 0 Å². The van der Waals surface area contributed by atoms with Gasteiger partial charge in [0.25, 0.3) is 5.91 Å². The van der Waals surface area contributed by atoms with Crippen molar-refractivity contribution in [2.24, 2.45) is 0 Å². The van der Waals surface area contributed by atoms with E-state index in [1.54, 1.807) is 0 Å². The van der Waals surface area contributed by atoms with Gasteiger partial charge in [-0.25, -0.2) is 0 Å². The third kappa shape index (κ3) is 4.16. The van der Waals surface area contributed by atoms with Gasteiger partial charge in [-0.3, -0.25) is 4.79 Å². The van der Waals surface area contributed by atoms with E-state index in [1.807, 2.05) is 55.6 Å². The molecule has 2 unspecified atom stereocenters. The fourth-order valence-corrected chi connectivity index (χ4v) is 3.11. The molecule has 112 valence electrons. The minimum absolute atomic E-state index is 0.0959. The molecule has 2 aromatic rings. The van der Waals surface area contributed by atoms with Crippen LogP contribution in [0.2, 0.25) is 0 Å². The molecule has 0 spiro atoms. The summed E-state index contributed by atoms with van der Waals surface area (Å²) in [6, 6.07) is 11.5. The maximum atomic E-state index is 12.2. The highest BCUT2D eigenvalue weighted by atomic mass is 32.1. The second-order valence-electron chi connectivity index (χ2n) is 5.15. The Balaban J connectivity index is 1.94. The lowest BCUT2D eigenvalue weighted by Gasteiger charge is -2.20. The number of benzene rings is 1. The molecule has 0 aliphatic carbocycles. The van der Waals surface area contributed by atoms with Crippen molar-refractivity contribution in [3.8, 4) is 0 Å². The zero-order valence-corrected chi connectivity index (χ0v) is 13.2. The Morgan fingerprint density at radius 2 is 2.00 bits per heavy atom. The molecule has 2 rings (SSSR count). The highest BCUT2D eigenvalue weighted by Gasteiger charge is 2.19. The van der Waals surface area contributed by atoms with Gasteiger partial charge in [0.15, 0.2) is 0 Å². The number of aliphatic hydroxyl groups is 1. The fraction of sp³-hybridized carbons (Fsp3) is 0.353. The third-order valence-corrected chi connectivity index (χ3v) is 4.51. The zero-order valence-electron chi connectivity index (χ0n) is 12.4. The third-order valence-electron chi connectivity index (χ3n) is 3.56. The average molecular weight is 303 g/mol. The van der Waals surface area contributed by atoms with Gasteiger partial charge in [0.2, 0.25) is 0 Å². The standard InChI is InChI=1S/C17H21NO2S/c1-3-14-9-10-21-16(14)17(20)18-12(2)15(19)11-13-7-5-4-6-8-13/h4-10,12,15,19H,3,11H2,1-2H3,(H,18,20). The number of aliphatic hydroxyl groups excluding tert-OH is 1. The summed E-state index contributed by atoms with van der Waals surface area (Å²) in [6.45, 7) is 3.87. The van der Waals surface area contributed by atoms with Crippen molar-refractivity contribution in [2.75, 3.05) is 0 Å². The summed E-state index contributed by atoms with van der Waals surface area (Å²) in [5, 5.41) is 15.1. The average Bonchev–Trinajstić information content (AvgIpc) is 2.96. The minimum Gasteiger partial charge on any atom is -0.391 e. The normalized spacial score (nSPS) is 13.7. The van der Waals surface area contributed by atoms with Crippen LogP contribution in [0.25, 0.3) is 0 Å². The Bertz CT molecular complexity index is 579. The zero-order chi connectivity index (χ0) is 15.2. The van der Waals surface area contributed by atoms with Crippen molar-refractivity contribution in [1.29, 1.82) is 0 Å². The predicted octanol–water partition coefficient (Wildman–Crippen LogP) is 3.03. The van der Waals surface area contributed by atoms with E-state index in [4.69, 9.17) is 0 Å². The first-order valence-electron chi connectivity index (χ1n) is 7.21. The summed E-state index contributed by atoms with van der Waals surface area (Å²) in [6.07, 6.45) is 0.780. The molecule has 0 radical (unpaired) electrons. The predicted molar refractivity (Wildman–Crippen MR) is 86.8 cm³/mol. The van der Waals surface area contributed by atoms with Crippen LogP contribution in [0.3, 0.4) is 0 Å². The van der Waals surface area contributed by atoms with Crippen molar-refractivity contribution in [3.63, 3.8) is 0 Å². The Labute approximate surface area is 129 Å². The van der Waals surface area contributed by atoms with Gasteiger partial charge in [-0.1, -0.05) is 37.3 Å². The van der Waals surface area contributed by atoms with E-state index in [0.29, 0.717) is 6.42 Å². The number of carbonyl (C=O) groups is 1. The second-order valence-corrected chi connectivity index (χ2v) is 6.06. The molecule has 0 fully saturated rings. The van der Waals surface area contributed by atoms with Crippen LogP contribution in [0.15, 0.2) is 41.8 Å². The first kappa shape index (κ1) is 15.7. The first-order valence-corrected chi connectivity index (χ1v) is 8.09. The van der Waals surface area contributed by atoms with E-state index >= 15 is 0 Å². The lowest BCUT2D eigenvalue weighted by atomic mass is 10.0. The SMILES string of the molecule is CCc1ccsc1C(=O)NC(C)C(O)Cc1ccccc1. The van der Waals surface area contributed by atoms with Crippen LogP contribution in [-0.4, -0.2) is 23.2 Å². The molecule has 0 saturated carbocycles. The largest absolute Gasteiger partial charge is 0.391 e. The number of nitrogens with one attached hydrogen (secondary N) is 1. The number of hydrogen-bond donors (Lipinski definition) is 2. The molecule has 1 heterocycles. The molecule has 0 aliphatic heterocycles. The van der Waals surface area contributed by atoms with E-state index in [-0.39, 0.29) is 11.9 Å². The summed E-state index contributed by atoms with van der Waals surface area (Å²) in [5.41, 5.74) is 2.12. The fourth-order valence-electron chi connectivity index (χ4n) is 2.21. The summed E-state index contributed by atoms with van der Waals surface area (Å²) >= 11 is 1.45. The molecule has 1 aromatic heterocycles. The summed E-state index contributed by atoms with van der Waals surface area (Å²) < 4.78 is 0. The number of aryl methyl sites for hydroxylation is 1. The van der Waals surface area contributed by atoms with Crippen LogP contribution >= 0.6 is 11.3 Å². The lowest BCUT2D eigenvalue weighted by molar-refractivity contribution is 0.0855. The van der Waals surface area contributed by atoms with E-state index in [0.717, 1.165) is 22.4 Å². The van der Waals surface area contributed by atoms with Crippen molar-refractivity contribution in [3.05, 3.63) is 57.8 Å². The molecule has 21 heavy (non-hydrogen) atoms. The van der Waals surface area contributed by atoms with Crippen LogP contribution in [0, 0.1) is 0 Å². The Morgan fingerprint density at radius 3 is 2.67 bits per heavy atom. The molecule has 0 saturated heterocycles. The molecule has 0 aliphatic rings. The van der Waals surface area contributed by atoms with Gasteiger partial charge in [-0.05, 0) is 35.9 Å². The van der Waals surface area contributed by atoms with Crippen LogP contribution in [0.4, 0.5) is 0 Å². The minimum atomic E-state index is -0.596. The number of amides is 1. The van der Waals surface area contributed by atoms with Crippen molar-refractivity contribution in [1.82, 2.24) is 5.32 Å². The topological polar surface area (TPSA) is 49.3 Å². The van der Waals surface area contributed by atoms with Crippen LogP contribution < -0.4 is 5.32 Å². The quantitative estimate of drug-likeness (QED) is 0.862. The number of rotatable bonds is 6. The molecule has 2 N–H and O–H groups in total. The van der Waals surface area contributed by atoms with E-state index in [9.17, 15) is 9.90 Å². The maximum absolute atomic E-state index is 12.2. The molecule has 0 bridgehead atoms. The number of carbonyl (C=O) groups excluding carboxylic acids is 1. The van der Waals surface area contributed by atoms with Gasteiger partial charge in [0.1, 0.15) is 0 Å². The van der Waals surface area contributed by atoms with E-state index in [2.05, 4.69) is 5.32 Å². The van der Waals surface area contributed by atoms with Gasteiger partial charge >= 0.3 is 0 Å². The molecule has 1 aromatic carbocycles.